The number of esters is 1. The Morgan fingerprint density at radius 3 is 2.00 bits per heavy atom. The third-order valence-electron chi connectivity index (χ3n) is 4.04. The predicted octanol–water partition coefficient (Wildman–Crippen LogP) is 3.69. The van der Waals surface area contributed by atoms with Crippen LogP contribution in [-0.2, 0) is 4.74 Å². The van der Waals surface area contributed by atoms with E-state index in [-0.39, 0.29) is 12.1 Å². The van der Waals surface area contributed by atoms with Crippen LogP contribution in [-0.4, -0.2) is 26.3 Å². The third-order valence-corrected chi connectivity index (χ3v) is 4.04. The molecule has 4 nitrogen and oxygen atoms in total. The summed E-state index contributed by atoms with van der Waals surface area (Å²) in [5, 5.41) is 0. The molecule has 1 aliphatic carbocycles. The first kappa shape index (κ1) is 15.7. The number of benzene rings is 1. The average Bonchev–Trinajstić information content (AvgIpc) is 2.45. The third kappa shape index (κ3) is 3.69. The number of hydrogen-bond donors (Lipinski definition) is 0. The summed E-state index contributed by atoms with van der Waals surface area (Å²) >= 11 is 0. The number of hydrogen-bond acceptors (Lipinski definition) is 4. The molecule has 0 unspecified atom stereocenters. The zero-order chi connectivity index (χ0) is 15.4. The van der Waals surface area contributed by atoms with Crippen LogP contribution in [0.25, 0.3) is 0 Å². The Kier molecular flexibility index (Phi) is 5.10. The molecule has 0 N–H and O–H groups in total. The van der Waals surface area contributed by atoms with Crippen LogP contribution in [0.4, 0.5) is 0 Å². The van der Waals surface area contributed by atoms with Crippen molar-refractivity contribution in [1.29, 1.82) is 0 Å². The monoisotopic (exact) mass is 292 g/mol. The summed E-state index contributed by atoms with van der Waals surface area (Å²) in [5.41, 5.74) is 0.369. The lowest BCUT2D eigenvalue weighted by Gasteiger charge is -2.31. The maximum Gasteiger partial charge on any atom is 0.346 e. The highest BCUT2D eigenvalue weighted by Gasteiger charge is 2.29. The van der Waals surface area contributed by atoms with Gasteiger partial charge in [0.05, 0.1) is 14.2 Å². The summed E-state index contributed by atoms with van der Waals surface area (Å²) in [7, 11) is 3.08. The molecule has 1 aromatic rings. The molecular formula is C17H24O4. The SMILES string of the molecule is COc1cccc(OC)c1C(=O)OC1C[C@H](C)C[C@@H](C)C1. The van der Waals surface area contributed by atoms with Gasteiger partial charge in [0, 0.05) is 0 Å². The largest absolute Gasteiger partial charge is 0.496 e. The van der Waals surface area contributed by atoms with Gasteiger partial charge in [-0.2, -0.15) is 0 Å². The van der Waals surface area contributed by atoms with Crippen LogP contribution < -0.4 is 9.47 Å². The molecule has 0 heterocycles. The molecule has 116 valence electrons. The van der Waals surface area contributed by atoms with Gasteiger partial charge in [0.25, 0.3) is 0 Å². The molecular weight excluding hydrogens is 268 g/mol. The Hall–Kier alpha value is -1.71. The fourth-order valence-corrected chi connectivity index (χ4v) is 3.23. The van der Waals surface area contributed by atoms with Crippen LogP contribution in [0.5, 0.6) is 11.5 Å². The minimum atomic E-state index is -0.365. The second-order valence-electron chi connectivity index (χ2n) is 5.98. The van der Waals surface area contributed by atoms with E-state index in [4.69, 9.17) is 14.2 Å². The molecule has 1 fully saturated rings. The standard InChI is InChI=1S/C17H24O4/c1-11-8-12(2)10-13(9-11)21-17(18)16-14(19-3)6-5-7-15(16)20-4/h5-7,11-13H,8-10H2,1-4H3/t11-,12-/m1/s1. The Labute approximate surface area is 126 Å². The summed E-state index contributed by atoms with van der Waals surface area (Å²) in [6.45, 7) is 4.42. The molecule has 1 saturated carbocycles. The van der Waals surface area contributed by atoms with Gasteiger partial charge in [-0.3, -0.25) is 0 Å². The smallest absolute Gasteiger partial charge is 0.346 e. The van der Waals surface area contributed by atoms with Crippen LogP contribution in [0.3, 0.4) is 0 Å². The molecule has 0 spiro atoms. The molecule has 0 saturated heterocycles. The van der Waals surface area contributed by atoms with E-state index >= 15 is 0 Å². The van der Waals surface area contributed by atoms with Gasteiger partial charge < -0.3 is 14.2 Å². The van der Waals surface area contributed by atoms with Gasteiger partial charge in [0.1, 0.15) is 23.2 Å². The molecule has 0 amide bonds. The van der Waals surface area contributed by atoms with Crippen molar-refractivity contribution in [3.8, 4) is 11.5 Å². The van der Waals surface area contributed by atoms with Crippen molar-refractivity contribution in [3.05, 3.63) is 23.8 Å². The minimum absolute atomic E-state index is 0.0223. The number of methoxy groups -OCH3 is 2. The fourth-order valence-electron chi connectivity index (χ4n) is 3.23. The Bertz CT molecular complexity index is 465. The zero-order valence-electron chi connectivity index (χ0n) is 13.2. The molecule has 0 radical (unpaired) electrons. The average molecular weight is 292 g/mol. The van der Waals surface area contributed by atoms with Gasteiger partial charge in [-0.25, -0.2) is 4.79 Å². The van der Waals surface area contributed by atoms with E-state index in [2.05, 4.69) is 13.8 Å². The first-order valence-electron chi connectivity index (χ1n) is 7.47. The van der Waals surface area contributed by atoms with Crippen LogP contribution in [0.15, 0.2) is 18.2 Å². The quantitative estimate of drug-likeness (QED) is 0.794. The van der Waals surface area contributed by atoms with Crippen molar-refractivity contribution < 1.29 is 19.0 Å². The van der Waals surface area contributed by atoms with Crippen LogP contribution in [0, 0.1) is 11.8 Å². The summed E-state index contributed by atoms with van der Waals surface area (Å²) in [5.74, 6) is 1.78. The Morgan fingerprint density at radius 2 is 1.52 bits per heavy atom. The van der Waals surface area contributed by atoms with Crippen molar-refractivity contribution in [2.75, 3.05) is 14.2 Å². The molecule has 1 aromatic carbocycles. The summed E-state index contributed by atoms with van der Waals surface area (Å²) in [6.07, 6.45) is 3.03. The van der Waals surface area contributed by atoms with E-state index in [1.54, 1.807) is 18.2 Å². The van der Waals surface area contributed by atoms with Crippen molar-refractivity contribution in [2.45, 2.75) is 39.2 Å². The Balaban J connectivity index is 2.16. The van der Waals surface area contributed by atoms with Crippen molar-refractivity contribution in [2.24, 2.45) is 11.8 Å². The summed E-state index contributed by atoms with van der Waals surface area (Å²) in [6, 6.07) is 5.27. The van der Waals surface area contributed by atoms with Gasteiger partial charge in [-0.15, -0.1) is 0 Å². The molecule has 0 bridgehead atoms. The normalized spacial score (nSPS) is 25.2. The van der Waals surface area contributed by atoms with Gasteiger partial charge in [0.2, 0.25) is 0 Å². The maximum absolute atomic E-state index is 12.5. The molecule has 2 rings (SSSR count). The summed E-state index contributed by atoms with van der Waals surface area (Å²) < 4.78 is 16.2. The molecule has 2 atom stereocenters. The number of carbonyl (C=O) groups excluding carboxylic acids is 1. The van der Waals surface area contributed by atoms with Gasteiger partial charge in [0.15, 0.2) is 0 Å². The van der Waals surface area contributed by atoms with Crippen molar-refractivity contribution >= 4 is 5.97 Å². The van der Waals surface area contributed by atoms with Gasteiger partial charge in [-0.05, 0) is 43.2 Å². The van der Waals surface area contributed by atoms with E-state index < -0.39 is 0 Å². The molecule has 1 aliphatic rings. The first-order valence-corrected chi connectivity index (χ1v) is 7.47. The number of ether oxygens (including phenoxy) is 3. The minimum Gasteiger partial charge on any atom is -0.496 e. The van der Waals surface area contributed by atoms with E-state index in [9.17, 15) is 4.79 Å². The van der Waals surface area contributed by atoms with Gasteiger partial charge >= 0.3 is 5.97 Å². The van der Waals surface area contributed by atoms with Crippen molar-refractivity contribution in [1.82, 2.24) is 0 Å². The van der Waals surface area contributed by atoms with Crippen LogP contribution in [0.2, 0.25) is 0 Å². The molecule has 0 aromatic heterocycles. The molecule has 21 heavy (non-hydrogen) atoms. The fraction of sp³-hybridized carbons (Fsp3) is 0.588. The molecule has 0 aliphatic heterocycles. The van der Waals surface area contributed by atoms with Gasteiger partial charge in [-0.1, -0.05) is 19.9 Å². The van der Waals surface area contributed by atoms with E-state index in [0.29, 0.717) is 28.9 Å². The lowest BCUT2D eigenvalue weighted by atomic mass is 9.82. The first-order chi connectivity index (χ1) is 10.0. The Morgan fingerprint density at radius 1 is 1.00 bits per heavy atom. The lowest BCUT2D eigenvalue weighted by molar-refractivity contribution is 0.00749. The van der Waals surface area contributed by atoms with E-state index in [0.717, 1.165) is 12.8 Å². The van der Waals surface area contributed by atoms with E-state index in [1.165, 1.54) is 20.6 Å². The highest BCUT2D eigenvalue weighted by atomic mass is 16.5. The second-order valence-corrected chi connectivity index (χ2v) is 5.98. The maximum atomic E-state index is 12.5. The van der Waals surface area contributed by atoms with Crippen LogP contribution >= 0.6 is 0 Å². The van der Waals surface area contributed by atoms with Crippen molar-refractivity contribution in [3.63, 3.8) is 0 Å². The van der Waals surface area contributed by atoms with Crippen LogP contribution in [0.1, 0.15) is 43.5 Å². The van der Waals surface area contributed by atoms with E-state index in [1.807, 2.05) is 0 Å². The zero-order valence-corrected chi connectivity index (χ0v) is 13.2. The highest BCUT2D eigenvalue weighted by molar-refractivity contribution is 5.95. The summed E-state index contributed by atoms with van der Waals surface area (Å²) in [4.78, 5) is 12.5. The topological polar surface area (TPSA) is 44.8 Å². The second kappa shape index (κ2) is 6.83. The lowest BCUT2D eigenvalue weighted by Crippen LogP contribution is -2.28. The molecule has 4 heteroatoms. The number of carbonyl (C=O) groups is 1. The predicted molar refractivity (Wildman–Crippen MR) is 80.9 cm³/mol. The highest BCUT2D eigenvalue weighted by Crippen LogP contribution is 2.33. The number of rotatable bonds is 4.